The van der Waals surface area contributed by atoms with E-state index in [1.54, 1.807) is 23.8 Å². The minimum absolute atomic E-state index is 0.0724. The second kappa shape index (κ2) is 5.20. The van der Waals surface area contributed by atoms with Crippen molar-refractivity contribution in [2.45, 2.75) is 13.0 Å². The zero-order chi connectivity index (χ0) is 10.4. The van der Waals surface area contributed by atoms with E-state index in [2.05, 4.69) is 0 Å². The molecule has 4 heteroatoms. The van der Waals surface area contributed by atoms with Gasteiger partial charge in [0.25, 0.3) is 0 Å². The summed E-state index contributed by atoms with van der Waals surface area (Å²) < 4.78 is 6.71. The summed E-state index contributed by atoms with van der Waals surface area (Å²) >= 11 is 0. The van der Waals surface area contributed by atoms with E-state index >= 15 is 0 Å². The molecule has 0 radical (unpaired) electrons. The number of carbonyl (C=O) groups excluding carboxylic acids is 1. The summed E-state index contributed by atoms with van der Waals surface area (Å²) in [4.78, 5) is 11.4. The highest BCUT2D eigenvalue weighted by Gasteiger charge is 2.09. The molecule has 0 saturated heterocycles. The first-order valence-electron chi connectivity index (χ1n) is 4.34. The molecule has 0 aromatic carbocycles. The van der Waals surface area contributed by atoms with Crippen LogP contribution in [0.1, 0.15) is 16.9 Å². The lowest BCUT2D eigenvalue weighted by atomic mass is 10.2. The number of ether oxygens (including phenoxy) is 1. The van der Waals surface area contributed by atoms with Gasteiger partial charge in [-0.3, -0.25) is 4.79 Å². The number of rotatable bonds is 5. The van der Waals surface area contributed by atoms with Crippen molar-refractivity contribution >= 4 is 5.78 Å². The van der Waals surface area contributed by atoms with Crippen molar-refractivity contribution in [3.05, 3.63) is 24.0 Å². The molecular formula is C10H12N2O2. The highest BCUT2D eigenvalue weighted by molar-refractivity contribution is 5.95. The van der Waals surface area contributed by atoms with Crippen molar-refractivity contribution in [2.24, 2.45) is 0 Å². The van der Waals surface area contributed by atoms with Gasteiger partial charge in [-0.25, -0.2) is 0 Å². The van der Waals surface area contributed by atoms with Crippen LogP contribution in [0.2, 0.25) is 0 Å². The number of carbonyl (C=O) groups is 1. The van der Waals surface area contributed by atoms with Gasteiger partial charge in [-0.2, -0.15) is 5.26 Å². The topological polar surface area (TPSA) is 55.0 Å². The number of nitrogens with zero attached hydrogens (tertiary/aromatic N) is 2. The summed E-state index contributed by atoms with van der Waals surface area (Å²) in [5.74, 6) is -0.145. The SMILES string of the molecule is COCCn1cccc1C(=O)CC#N. The van der Waals surface area contributed by atoms with Crippen LogP contribution in [0.25, 0.3) is 0 Å². The fourth-order valence-electron chi connectivity index (χ4n) is 1.21. The molecular weight excluding hydrogens is 180 g/mol. The third kappa shape index (κ3) is 2.44. The molecule has 1 heterocycles. The van der Waals surface area contributed by atoms with Crippen LogP contribution in [0.3, 0.4) is 0 Å². The molecule has 1 aromatic heterocycles. The Hall–Kier alpha value is -1.60. The number of hydrogen-bond acceptors (Lipinski definition) is 3. The van der Waals surface area contributed by atoms with Crippen molar-refractivity contribution in [3.8, 4) is 6.07 Å². The highest BCUT2D eigenvalue weighted by Crippen LogP contribution is 2.05. The van der Waals surface area contributed by atoms with Gasteiger partial charge in [-0.1, -0.05) is 0 Å². The van der Waals surface area contributed by atoms with Gasteiger partial charge in [0.2, 0.25) is 0 Å². The second-order valence-electron chi connectivity index (χ2n) is 2.84. The first-order valence-corrected chi connectivity index (χ1v) is 4.34. The van der Waals surface area contributed by atoms with E-state index < -0.39 is 0 Å². The largest absolute Gasteiger partial charge is 0.383 e. The maximum Gasteiger partial charge on any atom is 0.193 e. The van der Waals surface area contributed by atoms with E-state index in [0.29, 0.717) is 18.8 Å². The number of Topliss-reactive ketones (excluding diaryl/α,β-unsaturated/α-hetero) is 1. The lowest BCUT2D eigenvalue weighted by Gasteiger charge is -2.05. The van der Waals surface area contributed by atoms with Crippen LogP contribution in [-0.2, 0) is 11.3 Å². The second-order valence-corrected chi connectivity index (χ2v) is 2.84. The monoisotopic (exact) mass is 192 g/mol. The predicted molar refractivity (Wildman–Crippen MR) is 50.9 cm³/mol. The standard InChI is InChI=1S/C10H12N2O2/c1-14-8-7-12-6-2-3-9(12)10(13)4-5-11/h2-3,6H,4,7-8H2,1H3. The van der Waals surface area contributed by atoms with E-state index in [1.165, 1.54) is 0 Å². The highest BCUT2D eigenvalue weighted by atomic mass is 16.5. The number of methoxy groups -OCH3 is 1. The van der Waals surface area contributed by atoms with E-state index in [4.69, 9.17) is 10.00 Å². The molecule has 0 amide bonds. The first kappa shape index (κ1) is 10.5. The Morgan fingerprint density at radius 3 is 3.14 bits per heavy atom. The van der Waals surface area contributed by atoms with E-state index in [-0.39, 0.29) is 12.2 Å². The molecule has 0 aliphatic heterocycles. The van der Waals surface area contributed by atoms with Crippen LogP contribution in [0.5, 0.6) is 0 Å². The summed E-state index contributed by atoms with van der Waals surface area (Å²) in [6, 6.07) is 5.35. The number of hydrogen-bond donors (Lipinski definition) is 0. The van der Waals surface area contributed by atoms with Gasteiger partial charge in [0, 0.05) is 19.9 Å². The molecule has 0 spiro atoms. The van der Waals surface area contributed by atoms with E-state index in [1.807, 2.05) is 12.3 Å². The zero-order valence-corrected chi connectivity index (χ0v) is 8.06. The van der Waals surface area contributed by atoms with Crippen LogP contribution in [0, 0.1) is 11.3 Å². The minimum Gasteiger partial charge on any atom is -0.383 e. The Labute approximate surface area is 82.7 Å². The van der Waals surface area contributed by atoms with E-state index in [0.717, 1.165) is 0 Å². The fourth-order valence-corrected chi connectivity index (χ4v) is 1.21. The van der Waals surface area contributed by atoms with Gasteiger partial charge < -0.3 is 9.30 Å². The molecule has 74 valence electrons. The fraction of sp³-hybridized carbons (Fsp3) is 0.400. The Morgan fingerprint density at radius 1 is 1.71 bits per heavy atom. The van der Waals surface area contributed by atoms with Crippen LogP contribution >= 0.6 is 0 Å². The van der Waals surface area contributed by atoms with Gasteiger partial charge in [-0.15, -0.1) is 0 Å². The predicted octanol–water partition coefficient (Wildman–Crippen LogP) is 1.23. The van der Waals surface area contributed by atoms with E-state index in [9.17, 15) is 4.79 Å². The zero-order valence-electron chi connectivity index (χ0n) is 8.06. The lowest BCUT2D eigenvalue weighted by molar-refractivity contribution is 0.0986. The molecule has 0 N–H and O–H groups in total. The summed E-state index contributed by atoms with van der Waals surface area (Å²) in [6.07, 6.45) is 1.74. The van der Waals surface area contributed by atoms with Crippen molar-refractivity contribution < 1.29 is 9.53 Å². The van der Waals surface area contributed by atoms with Crippen LogP contribution in [0.4, 0.5) is 0 Å². The molecule has 0 bridgehead atoms. The molecule has 0 aliphatic rings. The van der Waals surface area contributed by atoms with Gasteiger partial charge in [-0.05, 0) is 12.1 Å². The van der Waals surface area contributed by atoms with Gasteiger partial charge >= 0.3 is 0 Å². The molecule has 0 fully saturated rings. The van der Waals surface area contributed by atoms with Gasteiger partial charge in [0.05, 0.1) is 18.4 Å². The molecule has 0 unspecified atom stereocenters. The summed E-state index contributed by atoms with van der Waals surface area (Å²) in [6.45, 7) is 1.19. The number of aromatic nitrogens is 1. The molecule has 1 aromatic rings. The Balaban J connectivity index is 2.72. The molecule has 0 atom stereocenters. The van der Waals surface area contributed by atoms with Crippen molar-refractivity contribution in [1.29, 1.82) is 5.26 Å². The van der Waals surface area contributed by atoms with Gasteiger partial charge in [0.15, 0.2) is 5.78 Å². The Kier molecular flexibility index (Phi) is 3.89. The Morgan fingerprint density at radius 2 is 2.50 bits per heavy atom. The maximum absolute atomic E-state index is 11.4. The van der Waals surface area contributed by atoms with Crippen molar-refractivity contribution in [2.75, 3.05) is 13.7 Å². The smallest absolute Gasteiger partial charge is 0.193 e. The third-order valence-electron chi connectivity index (χ3n) is 1.89. The summed E-state index contributed by atoms with van der Waals surface area (Å²) in [5.41, 5.74) is 0.573. The van der Waals surface area contributed by atoms with Crippen LogP contribution in [0.15, 0.2) is 18.3 Å². The molecule has 14 heavy (non-hydrogen) atoms. The average molecular weight is 192 g/mol. The average Bonchev–Trinajstić information content (AvgIpc) is 2.63. The van der Waals surface area contributed by atoms with Crippen molar-refractivity contribution in [3.63, 3.8) is 0 Å². The summed E-state index contributed by atoms with van der Waals surface area (Å²) in [5, 5.41) is 8.40. The third-order valence-corrected chi connectivity index (χ3v) is 1.89. The van der Waals surface area contributed by atoms with Crippen LogP contribution in [-0.4, -0.2) is 24.1 Å². The number of nitriles is 1. The molecule has 4 nitrogen and oxygen atoms in total. The lowest BCUT2D eigenvalue weighted by Crippen LogP contribution is -2.10. The molecule has 0 aliphatic carbocycles. The molecule has 1 rings (SSSR count). The normalized spacial score (nSPS) is 9.71. The van der Waals surface area contributed by atoms with Gasteiger partial charge in [0.1, 0.15) is 6.42 Å². The quantitative estimate of drug-likeness (QED) is 0.659. The minimum atomic E-state index is -0.145. The maximum atomic E-state index is 11.4. The van der Waals surface area contributed by atoms with Crippen molar-refractivity contribution in [1.82, 2.24) is 4.57 Å². The Bertz CT molecular complexity index is 349. The first-order chi connectivity index (χ1) is 6.79. The van der Waals surface area contributed by atoms with Crippen LogP contribution < -0.4 is 0 Å². The number of ketones is 1. The summed E-state index contributed by atoms with van der Waals surface area (Å²) in [7, 11) is 1.61. The molecule has 0 saturated carbocycles.